The Morgan fingerprint density at radius 2 is 0.400 bits per heavy atom. The summed E-state index contributed by atoms with van der Waals surface area (Å²) in [7, 11) is 0.865. The van der Waals surface area contributed by atoms with Gasteiger partial charge in [0, 0.05) is 0 Å². The molecule has 233 valence electrons. The molecule has 0 saturated carbocycles. The molecular formula is C39H39CoI2P3. The summed E-state index contributed by atoms with van der Waals surface area (Å²) in [5.41, 5.74) is 0. The van der Waals surface area contributed by atoms with Crippen LogP contribution in [0.1, 0.15) is 0 Å². The van der Waals surface area contributed by atoms with Crippen LogP contribution in [0.3, 0.4) is 0 Å². The van der Waals surface area contributed by atoms with E-state index in [1.54, 1.807) is 0 Å². The molecule has 6 rings (SSSR count). The number of rotatable bonds is 6. The molecule has 6 aromatic carbocycles. The second kappa shape index (κ2) is 23.0. The number of benzene rings is 6. The average Bonchev–Trinajstić information content (AvgIpc) is 3.14. The Kier molecular flexibility index (Phi) is 19.4. The topological polar surface area (TPSA) is 0 Å². The molecular weight excluding hydrogens is 874 g/mol. The third-order valence-corrected chi connectivity index (χ3v) is 13.3. The Bertz CT molecular complexity index is 1250. The Morgan fingerprint density at radius 3 is 0.511 bits per heavy atom. The summed E-state index contributed by atoms with van der Waals surface area (Å²) in [5.74, 6) is 0. The van der Waals surface area contributed by atoms with Crippen molar-refractivity contribution in [2.75, 3.05) is 20.0 Å². The molecule has 0 nitrogen and oxygen atoms in total. The van der Waals surface area contributed by atoms with Crippen molar-refractivity contribution >= 4 is 96.4 Å². The van der Waals surface area contributed by atoms with Gasteiger partial charge in [0.1, 0.15) is 0 Å². The van der Waals surface area contributed by atoms with Gasteiger partial charge in [-0.25, -0.2) is 0 Å². The van der Waals surface area contributed by atoms with E-state index in [0.717, 1.165) is 0 Å². The quantitative estimate of drug-likeness (QED) is 0.115. The van der Waals surface area contributed by atoms with Crippen LogP contribution in [-0.4, -0.2) is 20.0 Å². The van der Waals surface area contributed by atoms with Gasteiger partial charge < -0.3 is 0 Å². The van der Waals surface area contributed by atoms with Gasteiger partial charge in [0.2, 0.25) is 0 Å². The standard InChI is InChI=1S/3C13H13P.Co.2HI/c3*1-14(12-8-4-2-5-9-12)13-10-6-3-7-11-13;;;/h3*2-11H,1H3;;2*1H/q;;;+2;;/p-2. The fourth-order valence-electron chi connectivity index (χ4n) is 4.36. The molecule has 45 heavy (non-hydrogen) atoms. The Morgan fingerprint density at radius 1 is 0.289 bits per heavy atom. The molecule has 0 saturated heterocycles. The monoisotopic (exact) mass is 913 g/mol. The summed E-state index contributed by atoms with van der Waals surface area (Å²) in [6.45, 7) is 6.92. The van der Waals surface area contributed by atoms with Crippen LogP contribution < -0.4 is 31.8 Å². The van der Waals surface area contributed by atoms with Crippen molar-refractivity contribution in [2.24, 2.45) is 0 Å². The van der Waals surface area contributed by atoms with Gasteiger partial charge in [0.25, 0.3) is 0 Å². The van der Waals surface area contributed by atoms with Gasteiger partial charge in [-0.1, -0.05) is 182 Å². The maximum absolute atomic E-state index is 2.31. The molecule has 0 N–H and O–H groups in total. The van der Waals surface area contributed by atoms with Crippen molar-refractivity contribution in [3.05, 3.63) is 182 Å². The molecule has 0 atom stereocenters. The van der Waals surface area contributed by atoms with Crippen molar-refractivity contribution in [1.29, 1.82) is 0 Å². The molecule has 0 aliphatic heterocycles. The van der Waals surface area contributed by atoms with E-state index in [2.05, 4.69) is 243 Å². The Labute approximate surface area is 303 Å². The van der Waals surface area contributed by atoms with Crippen molar-refractivity contribution in [3.63, 3.8) is 0 Å². The normalized spacial score (nSPS) is 10.2. The number of hydrogen-bond donors (Lipinski definition) is 0. The molecule has 0 unspecified atom stereocenters. The molecule has 0 fully saturated rings. The summed E-state index contributed by atoms with van der Waals surface area (Å²) in [5, 5.41) is 8.63. The molecule has 0 aliphatic carbocycles. The average molecular weight is 913 g/mol. The summed E-state index contributed by atoms with van der Waals surface area (Å²) in [6, 6.07) is 64.2. The van der Waals surface area contributed by atoms with Crippen LogP contribution in [0.5, 0.6) is 0 Å². The van der Waals surface area contributed by atoms with Crippen LogP contribution in [0.4, 0.5) is 0 Å². The fraction of sp³-hybridized carbons (Fsp3) is 0.0769. The molecule has 0 aromatic heterocycles. The zero-order chi connectivity index (χ0) is 32.1. The maximum atomic E-state index is 2.31. The van der Waals surface area contributed by atoms with Crippen molar-refractivity contribution in [1.82, 2.24) is 0 Å². The van der Waals surface area contributed by atoms with Crippen LogP contribution in [0.25, 0.3) is 0 Å². The predicted molar refractivity (Wildman–Crippen MR) is 223 cm³/mol. The molecule has 0 amide bonds. The van der Waals surface area contributed by atoms with Crippen molar-refractivity contribution in [2.45, 2.75) is 0 Å². The second-order valence-electron chi connectivity index (χ2n) is 9.74. The molecule has 0 spiro atoms. The Balaban J connectivity index is 0.000000176. The summed E-state index contributed by atoms with van der Waals surface area (Å²) in [4.78, 5) is 0. The van der Waals surface area contributed by atoms with E-state index in [4.69, 9.17) is 0 Å². The molecule has 6 aromatic rings. The zero-order valence-electron chi connectivity index (χ0n) is 25.8. The summed E-state index contributed by atoms with van der Waals surface area (Å²) < 4.78 is 0. The first-order valence-corrected chi connectivity index (χ1v) is 26.5. The van der Waals surface area contributed by atoms with Gasteiger partial charge in [-0.3, -0.25) is 0 Å². The Hall–Kier alpha value is -1.42. The first kappa shape index (κ1) is 38.0. The first-order valence-electron chi connectivity index (χ1n) is 14.4. The molecule has 0 bridgehead atoms. The van der Waals surface area contributed by atoms with Gasteiger partial charge in [0.05, 0.1) is 0 Å². The zero-order valence-corrected chi connectivity index (χ0v) is 33.8. The SMILES string of the molecule is CP(c1ccccc1)c1ccccc1.CP(c1ccccc1)c1ccccc1.CP(c1ccccc1)c1ccccc1.[I][Co][I]. The minimum atomic E-state index is -0.171. The molecule has 0 heterocycles. The van der Waals surface area contributed by atoms with Gasteiger partial charge >= 0.3 is 49.1 Å². The summed E-state index contributed by atoms with van der Waals surface area (Å²) in [6.07, 6.45) is 0. The third-order valence-electron chi connectivity index (χ3n) is 6.86. The molecule has 6 heteroatoms. The van der Waals surface area contributed by atoms with E-state index in [1.165, 1.54) is 40.1 Å². The predicted octanol–water partition coefficient (Wildman–Crippen LogP) is 10.0. The van der Waals surface area contributed by atoms with E-state index in [-0.39, 0.29) is 23.8 Å². The van der Waals surface area contributed by atoms with Gasteiger partial charge in [0.15, 0.2) is 0 Å². The first-order chi connectivity index (χ1) is 22.0. The van der Waals surface area contributed by atoms with E-state index < -0.39 is 0 Å². The van der Waals surface area contributed by atoms with E-state index in [1.807, 2.05) is 0 Å². The number of halogens is 2. The van der Waals surface area contributed by atoms with Crippen LogP contribution in [0.2, 0.25) is 0 Å². The third kappa shape index (κ3) is 14.1. The second-order valence-corrected chi connectivity index (χ2v) is 25.0. The number of hydrogen-bond acceptors (Lipinski definition) is 0. The van der Waals surface area contributed by atoms with Crippen LogP contribution >= 0.6 is 64.6 Å². The fourth-order valence-corrected chi connectivity index (χ4v) is 8.97. The van der Waals surface area contributed by atoms with Crippen LogP contribution in [-0.2, 0) is 8.26 Å². The molecule has 0 radical (unpaired) electrons. The van der Waals surface area contributed by atoms with Gasteiger partial charge in [-0.2, -0.15) is 0 Å². The van der Waals surface area contributed by atoms with E-state index in [9.17, 15) is 0 Å². The van der Waals surface area contributed by atoms with Crippen LogP contribution in [0, 0.1) is 0 Å². The molecule has 0 aliphatic rings. The van der Waals surface area contributed by atoms with Gasteiger partial charge in [-0.05, 0) is 75.6 Å². The summed E-state index contributed by atoms with van der Waals surface area (Å²) >= 11 is 4.49. The van der Waals surface area contributed by atoms with Crippen LogP contribution in [0.15, 0.2) is 182 Å². The van der Waals surface area contributed by atoms with Gasteiger partial charge in [-0.15, -0.1) is 0 Å². The van der Waals surface area contributed by atoms with E-state index >= 15 is 0 Å². The van der Waals surface area contributed by atoms with Crippen molar-refractivity contribution < 1.29 is 8.26 Å². The minimum absolute atomic E-state index is 0.171. The van der Waals surface area contributed by atoms with Crippen molar-refractivity contribution in [3.8, 4) is 0 Å². The van der Waals surface area contributed by atoms with E-state index in [0.29, 0.717) is 0 Å².